The molecule has 4 heteroatoms. The summed E-state index contributed by atoms with van der Waals surface area (Å²) >= 11 is 0. The minimum Gasteiger partial charge on any atom is -0.494 e. The number of carbonyl (C=O) groups is 1. The van der Waals surface area contributed by atoms with Gasteiger partial charge in [0.05, 0.1) is 19.3 Å². The molecule has 0 saturated heterocycles. The van der Waals surface area contributed by atoms with Crippen LogP contribution in [0.25, 0.3) is 0 Å². The van der Waals surface area contributed by atoms with Gasteiger partial charge >= 0.3 is 5.97 Å². The molecule has 0 unspecified atom stereocenters. The predicted molar refractivity (Wildman–Crippen MR) is 57.3 cm³/mol. The van der Waals surface area contributed by atoms with Crippen molar-refractivity contribution in [2.45, 2.75) is 0 Å². The maximum Gasteiger partial charge on any atom is 0.339 e. The monoisotopic (exact) mass is 205 g/mol. The Morgan fingerprint density at radius 3 is 2.93 bits per heavy atom. The van der Waals surface area contributed by atoms with E-state index in [1.807, 2.05) is 0 Å². The lowest BCUT2D eigenvalue weighted by Crippen LogP contribution is -2.05. The Hall–Kier alpha value is -2.15. The van der Waals surface area contributed by atoms with E-state index in [-0.39, 0.29) is 5.56 Å². The summed E-state index contributed by atoms with van der Waals surface area (Å²) in [5, 5.41) is 11.8. The second kappa shape index (κ2) is 4.91. The van der Waals surface area contributed by atoms with Crippen LogP contribution in [0.4, 0.5) is 5.69 Å². The number of ether oxygens (including phenoxy) is 1. The van der Waals surface area contributed by atoms with Crippen LogP contribution in [0.2, 0.25) is 0 Å². The van der Waals surface area contributed by atoms with Crippen LogP contribution in [0.5, 0.6) is 5.75 Å². The van der Waals surface area contributed by atoms with Gasteiger partial charge in [0.15, 0.2) is 5.75 Å². The Morgan fingerprint density at radius 1 is 1.67 bits per heavy atom. The smallest absolute Gasteiger partial charge is 0.339 e. The van der Waals surface area contributed by atoms with Crippen LogP contribution in [-0.2, 0) is 0 Å². The van der Waals surface area contributed by atoms with Crippen LogP contribution in [-0.4, -0.2) is 24.7 Å². The minimum absolute atomic E-state index is 0.111. The Labute approximate surface area is 87.9 Å². The number of rotatable bonds is 4. The lowest BCUT2D eigenvalue weighted by Gasteiger charge is -2.11. The highest BCUT2D eigenvalue weighted by atomic mass is 16.5. The first kappa shape index (κ1) is 10.9. The fourth-order valence-corrected chi connectivity index (χ4v) is 1.21. The summed E-state index contributed by atoms with van der Waals surface area (Å²) in [6, 6.07) is 4.82. The van der Waals surface area contributed by atoms with Gasteiger partial charge < -0.3 is 15.2 Å². The van der Waals surface area contributed by atoms with Crippen molar-refractivity contribution in [2.75, 3.05) is 19.0 Å². The molecule has 0 spiro atoms. The molecule has 1 rings (SSSR count). The average Bonchev–Trinajstić information content (AvgIpc) is 2.25. The van der Waals surface area contributed by atoms with E-state index in [0.717, 1.165) is 0 Å². The van der Waals surface area contributed by atoms with Gasteiger partial charge in [0, 0.05) is 0 Å². The average molecular weight is 205 g/mol. The highest BCUT2D eigenvalue weighted by Crippen LogP contribution is 2.28. The van der Waals surface area contributed by atoms with E-state index in [4.69, 9.17) is 16.3 Å². The molecule has 0 heterocycles. The molecule has 0 radical (unpaired) electrons. The molecule has 0 amide bonds. The van der Waals surface area contributed by atoms with Gasteiger partial charge in [-0.05, 0) is 12.1 Å². The van der Waals surface area contributed by atoms with Crippen LogP contribution >= 0.6 is 0 Å². The van der Waals surface area contributed by atoms with Crippen molar-refractivity contribution in [2.24, 2.45) is 0 Å². The fourth-order valence-electron chi connectivity index (χ4n) is 1.21. The molecule has 0 fully saturated rings. The molecule has 0 aliphatic carbocycles. The zero-order chi connectivity index (χ0) is 11.3. The molecule has 0 saturated carbocycles. The molecule has 1 aromatic carbocycles. The summed E-state index contributed by atoms with van der Waals surface area (Å²) < 4.78 is 5.02. The van der Waals surface area contributed by atoms with Gasteiger partial charge in [0.25, 0.3) is 0 Å². The molecule has 0 aliphatic heterocycles. The first-order valence-electron chi connectivity index (χ1n) is 4.28. The zero-order valence-electron chi connectivity index (χ0n) is 8.28. The summed E-state index contributed by atoms with van der Waals surface area (Å²) in [7, 11) is 1.42. The number of anilines is 1. The second-order valence-corrected chi connectivity index (χ2v) is 2.75. The van der Waals surface area contributed by atoms with Crippen LogP contribution in [0.3, 0.4) is 0 Å². The van der Waals surface area contributed by atoms with E-state index >= 15 is 0 Å². The molecule has 0 bridgehead atoms. The van der Waals surface area contributed by atoms with E-state index in [9.17, 15) is 4.79 Å². The zero-order valence-corrected chi connectivity index (χ0v) is 8.28. The SMILES string of the molecule is C#CCNc1cccc(C(=O)O)c1OC. The topological polar surface area (TPSA) is 58.6 Å². The molecule has 78 valence electrons. The number of hydrogen-bond donors (Lipinski definition) is 2. The van der Waals surface area contributed by atoms with Gasteiger partial charge in [0.2, 0.25) is 0 Å². The van der Waals surface area contributed by atoms with Crippen LogP contribution in [0.1, 0.15) is 10.4 Å². The van der Waals surface area contributed by atoms with E-state index in [2.05, 4.69) is 11.2 Å². The summed E-state index contributed by atoms with van der Waals surface area (Å²) in [5.41, 5.74) is 0.690. The lowest BCUT2D eigenvalue weighted by molar-refractivity contribution is 0.0693. The number of benzene rings is 1. The van der Waals surface area contributed by atoms with Crippen molar-refractivity contribution < 1.29 is 14.6 Å². The maximum absolute atomic E-state index is 10.9. The van der Waals surface area contributed by atoms with Crippen molar-refractivity contribution in [3.8, 4) is 18.1 Å². The standard InChI is InChI=1S/C11H11NO3/c1-3-7-12-9-6-4-5-8(11(13)14)10(9)15-2/h1,4-6,12H,7H2,2H3,(H,13,14). The Balaban J connectivity index is 3.11. The Bertz CT molecular complexity index is 407. The highest BCUT2D eigenvalue weighted by molar-refractivity contribution is 5.93. The number of carboxylic acids is 1. The first-order chi connectivity index (χ1) is 7.20. The van der Waals surface area contributed by atoms with Gasteiger partial charge in [-0.25, -0.2) is 4.79 Å². The summed E-state index contributed by atoms with van der Waals surface area (Å²) in [4.78, 5) is 10.9. The fraction of sp³-hybridized carbons (Fsp3) is 0.182. The first-order valence-corrected chi connectivity index (χ1v) is 4.28. The van der Waals surface area contributed by atoms with Gasteiger partial charge in [-0.2, -0.15) is 0 Å². The molecule has 4 nitrogen and oxygen atoms in total. The normalized spacial score (nSPS) is 9.07. The Kier molecular flexibility index (Phi) is 3.58. The number of aromatic carboxylic acids is 1. The van der Waals surface area contributed by atoms with Gasteiger partial charge in [-0.15, -0.1) is 6.42 Å². The third-order valence-corrected chi connectivity index (χ3v) is 1.83. The number of nitrogens with one attached hydrogen (secondary N) is 1. The third-order valence-electron chi connectivity index (χ3n) is 1.83. The van der Waals surface area contributed by atoms with E-state index in [1.165, 1.54) is 13.2 Å². The number of methoxy groups -OCH3 is 1. The quantitative estimate of drug-likeness (QED) is 0.730. The third kappa shape index (κ3) is 2.41. The molecule has 2 N–H and O–H groups in total. The van der Waals surface area contributed by atoms with Crippen molar-refractivity contribution in [3.05, 3.63) is 23.8 Å². The van der Waals surface area contributed by atoms with Crippen LogP contribution in [0.15, 0.2) is 18.2 Å². The number of para-hydroxylation sites is 1. The Morgan fingerprint density at radius 2 is 2.40 bits per heavy atom. The van der Waals surface area contributed by atoms with Crippen molar-refractivity contribution >= 4 is 11.7 Å². The molecule has 15 heavy (non-hydrogen) atoms. The van der Waals surface area contributed by atoms with Crippen LogP contribution < -0.4 is 10.1 Å². The lowest BCUT2D eigenvalue weighted by atomic mass is 10.1. The maximum atomic E-state index is 10.9. The van der Waals surface area contributed by atoms with E-state index in [1.54, 1.807) is 12.1 Å². The summed E-state index contributed by atoms with van der Waals surface area (Å²) in [6.45, 7) is 0.319. The summed E-state index contributed by atoms with van der Waals surface area (Å²) in [6.07, 6.45) is 5.10. The molecule has 0 aromatic heterocycles. The summed E-state index contributed by atoms with van der Waals surface area (Å²) in [5.74, 6) is 1.66. The molecule has 1 aromatic rings. The highest BCUT2D eigenvalue weighted by Gasteiger charge is 2.13. The second-order valence-electron chi connectivity index (χ2n) is 2.75. The van der Waals surface area contributed by atoms with Crippen molar-refractivity contribution in [1.29, 1.82) is 0 Å². The van der Waals surface area contributed by atoms with E-state index in [0.29, 0.717) is 18.0 Å². The van der Waals surface area contributed by atoms with Crippen molar-refractivity contribution in [3.63, 3.8) is 0 Å². The largest absolute Gasteiger partial charge is 0.494 e. The number of carboxylic acid groups (broad SMARTS) is 1. The minimum atomic E-state index is -1.03. The van der Waals surface area contributed by atoms with Crippen molar-refractivity contribution in [1.82, 2.24) is 0 Å². The molecular weight excluding hydrogens is 194 g/mol. The van der Waals surface area contributed by atoms with E-state index < -0.39 is 5.97 Å². The molecule has 0 aliphatic rings. The van der Waals surface area contributed by atoms with Gasteiger partial charge in [-0.1, -0.05) is 12.0 Å². The van der Waals surface area contributed by atoms with Crippen LogP contribution in [0, 0.1) is 12.3 Å². The molecular formula is C11H11NO3. The molecule has 0 atom stereocenters. The number of terminal acetylenes is 1. The number of hydrogen-bond acceptors (Lipinski definition) is 3. The van der Waals surface area contributed by atoms with Gasteiger partial charge in [-0.3, -0.25) is 0 Å². The van der Waals surface area contributed by atoms with Gasteiger partial charge in [0.1, 0.15) is 5.56 Å². The predicted octanol–water partition coefficient (Wildman–Crippen LogP) is 1.44.